The summed E-state index contributed by atoms with van der Waals surface area (Å²) in [5.41, 5.74) is 9.32. The Labute approximate surface area is 214 Å². The van der Waals surface area contributed by atoms with Crippen LogP contribution in [0.25, 0.3) is 5.57 Å². The summed E-state index contributed by atoms with van der Waals surface area (Å²) in [6.45, 7) is 26.5. The lowest BCUT2D eigenvalue weighted by Crippen LogP contribution is -2.10. The second-order valence-electron chi connectivity index (χ2n) is 8.97. The molecule has 0 aromatic heterocycles. The first kappa shape index (κ1) is 29.5. The molecular weight excluding hydrogens is 422 g/mol. The van der Waals surface area contributed by atoms with Crippen molar-refractivity contribution < 1.29 is 0 Å². The van der Waals surface area contributed by atoms with E-state index < -0.39 is 0 Å². The van der Waals surface area contributed by atoms with Gasteiger partial charge in [0.1, 0.15) is 0 Å². The van der Waals surface area contributed by atoms with Gasteiger partial charge in [-0.25, -0.2) is 0 Å². The Hall–Kier alpha value is -3.58. The van der Waals surface area contributed by atoms with E-state index in [-0.39, 0.29) is 0 Å². The second-order valence-corrected chi connectivity index (χ2v) is 8.97. The molecule has 0 saturated heterocycles. The summed E-state index contributed by atoms with van der Waals surface area (Å²) >= 11 is 0. The summed E-state index contributed by atoms with van der Waals surface area (Å²) in [6.07, 6.45) is 3.79. The Kier molecular flexibility index (Phi) is 13.6. The van der Waals surface area contributed by atoms with Crippen LogP contribution in [0.15, 0.2) is 123 Å². The molecule has 3 rings (SSSR count). The zero-order valence-corrected chi connectivity index (χ0v) is 22.4. The quantitative estimate of drug-likeness (QED) is 0.258. The van der Waals surface area contributed by atoms with Gasteiger partial charge in [0.15, 0.2) is 0 Å². The van der Waals surface area contributed by atoms with Gasteiger partial charge in [0.05, 0.1) is 0 Å². The molecule has 1 N–H and O–H groups in total. The number of benzene rings is 3. The van der Waals surface area contributed by atoms with Gasteiger partial charge >= 0.3 is 0 Å². The molecule has 0 radical (unpaired) electrons. The zero-order valence-electron chi connectivity index (χ0n) is 22.4. The Morgan fingerprint density at radius 1 is 0.829 bits per heavy atom. The predicted molar refractivity (Wildman–Crippen MR) is 159 cm³/mol. The largest absolute Gasteiger partial charge is 0.359 e. The van der Waals surface area contributed by atoms with E-state index in [1.807, 2.05) is 36.4 Å². The number of nitrogens with one attached hydrogen (secondary N) is 1. The van der Waals surface area contributed by atoms with Crippen molar-refractivity contribution in [3.8, 4) is 0 Å². The van der Waals surface area contributed by atoms with Crippen LogP contribution in [0, 0.1) is 26.7 Å². The molecule has 35 heavy (non-hydrogen) atoms. The first-order chi connectivity index (χ1) is 16.7. The van der Waals surface area contributed by atoms with Crippen LogP contribution < -0.4 is 5.32 Å². The van der Waals surface area contributed by atoms with Gasteiger partial charge in [0, 0.05) is 17.3 Å². The molecule has 184 valence electrons. The monoisotopic (exact) mass is 465 g/mol. The van der Waals surface area contributed by atoms with Gasteiger partial charge in [-0.15, -0.1) is 6.58 Å². The number of allylic oxidation sites excluding steroid dienone is 4. The van der Waals surface area contributed by atoms with Crippen molar-refractivity contribution >= 4 is 11.3 Å². The molecule has 0 fully saturated rings. The van der Waals surface area contributed by atoms with Gasteiger partial charge in [-0.3, -0.25) is 0 Å². The first-order valence-corrected chi connectivity index (χ1v) is 12.2. The van der Waals surface area contributed by atoms with E-state index >= 15 is 0 Å². The van der Waals surface area contributed by atoms with Crippen LogP contribution in [0.1, 0.15) is 48.9 Å². The lowest BCUT2D eigenvalue weighted by Gasteiger charge is -2.20. The molecule has 1 heteroatoms. The fourth-order valence-corrected chi connectivity index (χ4v) is 3.33. The molecular formula is C34H43N. The van der Waals surface area contributed by atoms with Crippen molar-refractivity contribution in [1.82, 2.24) is 0 Å². The van der Waals surface area contributed by atoms with Crippen LogP contribution in [-0.2, 0) is 0 Å². The van der Waals surface area contributed by atoms with Crippen molar-refractivity contribution in [2.75, 3.05) is 5.32 Å². The van der Waals surface area contributed by atoms with E-state index in [9.17, 15) is 0 Å². The van der Waals surface area contributed by atoms with Crippen molar-refractivity contribution in [2.45, 2.75) is 47.5 Å². The Morgan fingerprint density at radius 2 is 1.40 bits per heavy atom. The highest BCUT2D eigenvalue weighted by Crippen LogP contribution is 2.25. The average molecular weight is 466 g/mol. The molecule has 0 amide bonds. The number of rotatable bonds is 8. The molecule has 1 atom stereocenters. The highest BCUT2D eigenvalue weighted by molar-refractivity contribution is 5.73. The normalized spacial score (nSPS) is 10.4. The van der Waals surface area contributed by atoms with E-state index in [1.54, 1.807) is 6.08 Å². The van der Waals surface area contributed by atoms with Gasteiger partial charge in [-0.1, -0.05) is 111 Å². The number of aryl methyl sites for hydroxylation is 3. The van der Waals surface area contributed by atoms with Crippen molar-refractivity contribution in [3.63, 3.8) is 0 Å². The zero-order chi connectivity index (χ0) is 26.2. The summed E-state index contributed by atoms with van der Waals surface area (Å²) in [5.74, 6) is 0.416. The third-order valence-corrected chi connectivity index (χ3v) is 5.73. The highest BCUT2D eigenvalue weighted by Gasteiger charge is 2.11. The van der Waals surface area contributed by atoms with Crippen molar-refractivity contribution in [2.24, 2.45) is 5.92 Å². The molecule has 0 aliphatic rings. The highest BCUT2D eigenvalue weighted by atomic mass is 14.9. The van der Waals surface area contributed by atoms with Crippen LogP contribution >= 0.6 is 0 Å². The summed E-state index contributed by atoms with van der Waals surface area (Å²) in [6, 6.07) is 26.8. The minimum Gasteiger partial charge on any atom is -0.359 e. The maximum absolute atomic E-state index is 4.17. The minimum atomic E-state index is 0.416. The standard InChI is InChI=1S/C19H25N.C8H10.C7H8/c1-7-15(5)18-10-9-11-19(13-18)20-16(6)17(8-2)12-14(3)4;1-7-5-3-4-6-8(7)2;1-7-5-3-2-4-6-7/h7,9-11,13,17,20H,1,3,5-6,8,12H2,2,4H3;3-6H,1-2H3;2-6H,1H3. The average Bonchev–Trinajstić information content (AvgIpc) is 2.85. The molecule has 0 bridgehead atoms. The molecule has 1 unspecified atom stereocenters. The van der Waals surface area contributed by atoms with Crippen molar-refractivity contribution in [3.05, 3.63) is 145 Å². The van der Waals surface area contributed by atoms with Crippen LogP contribution in [0.2, 0.25) is 0 Å². The van der Waals surface area contributed by atoms with Gasteiger partial charge in [0.25, 0.3) is 0 Å². The van der Waals surface area contributed by atoms with E-state index in [4.69, 9.17) is 0 Å². The second kappa shape index (κ2) is 16.1. The maximum Gasteiger partial charge on any atom is 0.0387 e. The number of hydrogen-bond donors (Lipinski definition) is 1. The Bertz CT molecular complexity index is 1070. The van der Waals surface area contributed by atoms with E-state index in [0.717, 1.165) is 35.4 Å². The first-order valence-electron chi connectivity index (χ1n) is 12.2. The van der Waals surface area contributed by atoms with Crippen molar-refractivity contribution in [1.29, 1.82) is 0 Å². The summed E-state index contributed by atoms with van der Waals surface area (Å²) < 4.78 is 0. The molecule has 3 aromatic carbocycles. The fraction of sp³-hybridized carbons (Fsp3) is 0.235. The number of anilines is 1. The Morgan fingerprint density at radius 3 is 1.83 bits per heavy atom. The van der Waals surface area contributed by atoms with Gasteiger partial charge in [0.2, 0.25) is 0 Å². The maximum atomic E-state index is 4.17. The fourth-order valence-electron chi connectivity index (χ4n) is 3.33. The summed E-state index contributed by atoms with van der Waals surface area (Å²) in [4.78, 5) is 0. The predicted octanol–water partition coefficient (Wildman–Crippen LogP) is 10.1. The smallest absolute Gasteiger partial charge is 0.0387 e. The molecule has 3 aromatic rings. The summed E-state index contributed by atoms with van der Waals surface area (Å²) in [5, 5.41) is 3.41. The van der Waals surface area contributed by atoms with Gasteiger partial charge < -0.3 is 5.32 Å². The minimum absolute atomic E-state index is 0.416. The van der Waals surface area contributed by atoms with Gasteiger partial charge in [-0.05, 0) is 74.9 Å². The Balaban J connectivity index is 0.000000329. The van der Waals surface area contributed by atoms with E-state index in [0.29, 0.717) is 5.92 Å². The molecule has 0 saturated carbocycles. The molecule has 0 aliphatic carbocycles. The third-order valence-electron chi connectivity index (χ3n) is 5.73. The summed E-state index contributed by atoms with van der Waals surface area (Å²) in [7, 11) is 0. The number of hydrogen-bond acceptors (Lipinski definition) is 1. The van der Waals surface area contributed by atoms with Crippen LogP contribution in [0.4, 0.5) is 5.69 Å². The third kappa shape index (κ3) is 11.9. The van der Waals surface area contributed by atoms with Gasteiger partial charge in [-0.2, -0.15) is 0 Å². The molecule has 0 heterocycles. The topological polar surface area (TPSA) is 12.0 Å². The lowest BCUT2D eigenvalue weighted by atomic mass is 9.95. The molecule has 1 nitrogen and oxygen atoms in total. The van der Waals surface area contributed by atoms with Crippen LogP contribution in [0.5, 0.6) is 0 Å². The van der Waals surface area contributed by atoms with Crippen LogP contribution in [-0.4, -0.2) is 0 Å². The SMILES string of the molecule is C=CC(=C)c1cccc(NC(=C)C(CC)CC(=C)C)c1.Cc1ccccc1.Cc1ccccc1C. The molecule has 0 aliphatic heterocycles. The lowest BCUT2D eigenvalue weighted by molar-refractivity contribution is 0.591. The molecule has 0 spiro atoms. The van der Waals surface area contributed by atoms with Crippen LogP contribution in [0.3, 0.4) is 0 Å². The van der Waals surface area contributed by atoms with E-state index in [2.05, 4.69) is 109 Å². The van der Waals surface area contributed by atoms with E-state index in [1.165, 1.54) is 22.3 Å².